The number of carbonyl (C=O) groups is 1. The van der Waals surface area contributed by atoms with Crippen LogP contribution in [0.1, 0.15) is 0 Å². The van der Waals surface area contributed by atoms with Gasteiger partial charge in [0.05, 0.1) is 4.90 Å². The molecule has 110 valence electrons. The molecule has 0 radical (unpaired) electrons. The van der Waals surface area contributed by atoms with E-state index in [-0.39, 0.29) is 4.90 Å². The third-order valence-electron chi connectivity index (χ3n) is 2.44. The van der Waals surface area contributed by atoms with Crippen LogP contribution in [-0.4, -0.2) is 14.4 Å². The van der Waals surface area contributed by atoms with Crippen molar-refractivity contribution in [2.24, 2.45) is 0 Å². The number of hydrazine groups is 1. The fourth-order valence-corrected chi connectivity index (χ4v) is 2.93. The third kappa shape index (κ3) is 4.55. The molecule has 2 aromatic carbocycles. The van der Waals surface area contributed by atoms with Crippen molar-refractivity contribution < 1.29 is 13.2 Å². The Morgan fingerprint density at radius 1 is 1.00 bits per heavy atom. The van der Waals surface area contributed by atoms with E-state index >= 15 is 0 Å². The molecule has 21 heavy (non-hydrogen) atoms. The van der Waals surface area contributed by atoms with Gasteiger partial charge in [-0.1, -0.05) is 40.2 Å². The van der Waals surface area contributed by atoms with E-state index in [1.54, 1.807) is 42.5 Å². The Bertz CT molecular complexity index is 735. The van der Waals surface area contributed by atoms with Crippen LogP contribution < -0.4 is 15.6 Å². The molecule has 0 aliphatic carbocycles. The average Bonchev–Trinajstić information content (AvgIpc) is 2.46. The molecule has 0 fully saturated rings. The van der Waals surface area contributed by atoms with Gasteiger partial charge in [-0.2, -0.15) is 0 Å². The summed E-state index contributed by atoms with van der Waals surface area (Å²) in [4.78, 5) is 13.6. The van der Waals surface area contributed by atoms with E-state index in [0.717, 1.165) is 0 Å². The second-order valence-electron chi connectivity index (χ2n) is 4.01. The maximum atomic E-state index is 12.0. The maximum absolute atomic E-state index is 12.0. The van der Waals surface area contributed by atoms with Gasteiger partial charge in [0.15, 0.2) is 0 Å². The van der Waals surface area contributed by atoms with Crippen molar-refractivity contribution in [2.45, 2.75) is 4.90 Å². The van der Waals surface area contributed by atoms with Crippen LogP contribution in [0, 0.1) is 0 Å². The molecular formula is C13H12BrN3O3S. The summed E-state index contributed by atoms with van der Waals surface area (Å²) in [5, 5.41) is 2.49. The zero-order chi connectivity index (χ0) is 15.3. The number of nitrogens with one attached hydrogen (secondary N) is 3. The molecular weight excluding hydrogens is 358 g/mol. The summed E-state index contributed by atoms with van der Waals surface area (Å²) in [5.41, 5.74) is 2.64. The van der Waals surface area contributed by atoms with E-state index in [4.69, 9.17) is 0 Å². The highest BCUT2D eigenvalue weighted by Gasteiger charge is 2.15. The molecule has 2 rings (SSSR count). The standard InChI is InChI=1S/C13H12BrN3O3S/c14-10-5-4-8-12(9-10)21(19,20)17-16-13(18)15-11-6-2-1-3-7-11/h1-9,17H,(H2,15,16,18). The molecule has 8 heteroatoms. The van der Waals surface area contributed by atoms with Crippen LogP contribution in [-0.2, 0) is 10.0 Å². The number of hydrogen-bond donors (Lipinski definition) is 3. The third-order valence-corrected chi connectivity index (χ3v) is 4.18. The number of anilines is 1. The van der Waals surface area contributed by atoms with Crippen molar-refractivity contribution in [3.63, 3.8) is 0 Å². The first kappa shape index (κ1) is 15.5. The quantitative estimate of drug-likeness (QED) is 0.723. The molecule has 2 amide bonds. The fourth-order valence-electron chi connectivity index (χ4n) is 1.49. The van der Waals surface area contributed by atoms with E-state index in [1.165, 1.54) is 12.1 Å². The van der Waals surface area contributed by atoms with E-state index in [9.17, 15) is 13.2 Å². The van der Waals surface area contributed by atoms with Gasteiger partial charge >= 0.3 is 6.03 Å². The summed E-state index contributed by atoms with van der Waals surface area (Å²) >= 11 is 3.19. The van der Waals surface area contributed by atoms with Crippen LogP contribution >= 0.6 is 15.9 Å². The number of sulfonamides is 1. The second-order valence-corrected chi connectivity index (χ2v) is 6.61. The summed E-state index contributed by atoms with van der Waals surface area (Å²) < 4.78 is 24.6. The van der Waals surface area contributed by atoms with E-state index in [2.05, 4.69) is 26.7 Å². The first-order valence-corrected chi connectivity index (χ1v) is 8.14. The molecule has 0 saturated carbocycles. The molecule has 0 aromatic heterocycles. The van der Waals surface area contributed by atoms with Crippen molar-refractivity contribution in [3.05, 3.63) is 59.1 Å². The Hall–Kier alpha value is -1.90. The summed E-state index contributed by atoms with van der Waals surface area (Å²) in [6, 6.07) is 14.1. The van der Waals surface area contributed by atoms with Gasteiger partial charge in [0.2, 0.25) is 0 Å². The second kappa shape index (κ2) is 6.70. The van der Waals surface area contributed by atoms with Crippen LogP contribution in [0.3, 0.4) is 0 Å². The van der Waals surface area contributed by atoms with E-state index < -0.39 is 16.1 Å². The maximum Gasteiger partial charge on any atom is 0.334 e. The largest absolute Gasteiger partial charge is 0.334 e. The van der Waals surface area contributed by atoms with Crippen molar-refractivity contribution in [3.8, 4) is 0 Å². The average molecular weight is 370 g/mol. The number of urea groups is 1. The van der Waals surface area contributed by atoms with Gasteiger partial charge in [-0.15, -0.1) is 4.83 Å². The van der Waals surface area contributed by atoms with Crippen LogP contribution in [0.25, 0.3) is 0 Å². The van der Waals surface area contributed by atoms with Crippen molar-refractivity contribution in [1.29, 1.82) is 0 Å². The van der Waals surface area contributed by atoms with Gasteiger partial charge in [-0.05, 0) is 30.3 Å². The van der Waals surface area contributed by atoms with Gasteiger partial charge in [0, 0.05) is 10.2 Å². The molecule has 0 atom stereocenters. The Morgan fingerprint density at radius 3 is 2.38 bits per heavy atom. The molecule has 0 heterocycles. The first-order chi connectivity index (χ1) is 9.97. The molecule has 0 aliphatic heterocycles. The number of benzene rings is 2. The molecule has 0 saturated heterocycles. The lowest BCUT2D eigenvalue weighted by atomic mass is 10.3. The Labute approximate surface area is 130 Å². The minimum atomic E-state index is -3.82. The fraction of sp³-hybridized carbons (Fsp3) is 0. The summed E-state index contributed by atoms with van der Waals surface area (Å²) in [5.74, 6) is 0. The smallest absolute Gasteiger partial charge is 0.307 e. The molecule has 0 unspecified atom stereocenters. The lowest BCUT2D eigenvalue weighted by Crippen LogP contribution is -2.43. The van der Waals surface area contributed by atoms with Gasteiger partial charge in [0.1, 0.15) is 0 Å². The van der Waals surface area contributed by atoms with Crippen molar-refractivity contribution in [1.82, 2.24) is 10.3 Å². The molecule has 2 aromatic rings. The van der Waals surface area contributed by atoms with Gasteiger partial charge in [-0.3, -0.25) is 5.43 Å². The highest BCUT2D eigenvalue weighted by atomic mass is 79.9. The van der Waals surface area contributed by atoms with Crippen molar-refractivity contribution >= 4 is 37.7 Å². The van der Waals surface area contributed by atoms with E-state index in [1.807, 2.05) is 4.83 Å². The molecule has 0 aliphatic rings. The number of para-hydroxylation sites is 1. The predicted octanol–water partition coefficient (Wildman–Crippen LogP) is 2.46. The van der Waals surface area contributed by atoms with Crippen LogP contribution in [0.15, 0.2) is 64.0 Å². The monoisotopic (exact) mass is 369 g/mol. The normalized spacial score (nSPS) is 10.9. The van der Waals surface area contributed by atoms with Crippen LogP contribution in [0.5, 0.6) is 0 Å². The summed E-state index contributed by atoms with van der Waals surface area (Å²) in [7, 11) is -3.82. The Kier molecular flexibility index (Phi) is 4.94. The van der Waals surface area contributed by atoms with E-state index in [0.29, 0.717) is 10.2 Å². The molecule has 6 nitrogen and oxygen atoms in total. The predicted molar refractivity (Wildman–Crippen MR) is 83.1 cm³/mol. The lowest BCUT2D eigenvalue weighted by Gasteiger charge is -2.09. The SMILES string of the molecule is O=C(NNS(=O)(=O)c1cccc(Br)c1)Nc1ccccc1. The first-order valence-electron chi connectivity index (χ1n) is 5.87. The number of hydrogen-bond acceptors (Lipinski definition) is 3. The van der Waals surface area contributed by atoms with Crippen LogP contribution in [0.2, 0.25) is 0 Å². The van der Waals surface area contributed by atoms with Crippen molar-refractivity contribution in [2.75, 3.05) is 5.32 Å². The number of amides is 2. The molecule has 0 spiro atoms. The minimum absolute atomic E-state index is 0.0388. The highest BCUT2D eigenvalue weighted by Crippen LogP contribution is 2.15. The molecule has 0 bridgehead atoms. The number of rotatable bonds is 4. The van der Waals surface area contributed by atoms with Crippen LogP contribution in [0.4, 0.5) is 10.5 Å². The molecule has 3 N–H and O–H groups in total. The number of halogens is 1. The van der Waals surface area contributed by atoms with Gasteiger partial charge in [0.25, 0.3) is 10.0 Å². The summed E-state index contributed by atoms with van der Waals surface area (Å²) in [6.07, 6.45) is 0. The van der Waals surface area contributed by atoms with Gasteiger partial charge in [-0.25, -0.2) is 13.2 Å². The zero-order valence-corrected chi connectivity index (χ0v) is 13.1. The summed E-state index contributed by atoms with van der Waals surface area (Å²) in [6.45, 7) is 0. The highest BCUT2D eigenvalue weighted by molar-refractivity contribution is 9.10. The Morgan fingerprint density at radius 2 is 1.71 bits per heavy atom. The van der Waals surface area contributed by atoms with Gasteiger partial charge < -0.3 is 5.32 Å². The number of carbonyl (C=O) groups excluding carboxylic acids is 1. The Balaban J connectivity index is 1.97. The minimum Gasteiger partial charge on any atom is -0.307 e. The lowest BCUT2D eigenvalue weighted by molar-refractivity contribution is 0.250. The topological polar surface area (TPSA) is 87.3 Å². The zero-order valence-electron chi connectivity index (χ0n) is 10.7.